The second-order valence-electron chi connectivity index (χ2n) is 6.22. The van der Waals surface area contributed by atoms with Gasteiger partial charge in [0.15, 0.2) is 11.5 Å². The number of likely N-dealkylation sites (tertiary alicyclic amines) is 1. The number of nitrogens with zero attached hydrogens (tertiary/aromatic N) is 3. The highest BCUT2D eigenvalue weighted by molar-refractivity contribution is 5.92. The summed E-state index contributed by atoms with van der Waals surface area (Å²) >= 11 is 0. The van der Waals surface area contributed by atoms with E-state index in [-0.39, 0.29) is 5.91 Å². The van der Waals surface area contributed by atoms with E-state index in [1.807, 2.05) is 29.2 Å². The van der Waals surface area contributed by atoms with Crippen LogP contribution in [-0.2, 0) is 0 Å². The summed E-state index contributed by atoms with van der Waals surface area (Å²) < 4.78 is 5.20. The summed E-state index contributed by atoms with van der Waals surface area (Å²) in [5.41, 5.74) is 1.26. The lowest BCUT2D eigenvalue weighted by molar-refractivity contribution is 0.0601. The van der Waals surface area contributed by atoms with E-state index in [4.69, 9.17) is 4.74 Å². The summed E-state index contributed by atoms with van der Waals surface area (Å²) in [7, 11) is 1.63. The fourth-order valence-electron chi connectivity index (χ4n) is 3.20. The molecule has 1 amide bonds. The summed E-state index contributed by atoms with van der Waals surface area (Å²) in [5.74, 6) is 1.34. The summed E-state index contributed by atoms with van der Waals surface area (Å²) in [6.45, 7) is 2.94. The second kappa shape index (κ2) is 7.96. The minimum Gasteiger partial charge on any atom is -0.497 e. The van der Waals surface area contributed by atoms with Crippen LogP contribution in [0.15, 0.2) is 36.4 Å². The van der Waals surface area contributed by atoms with Gasteiger partial charge < -0.3 is 15.0 Å². The number of piperidine rings is 1. The van der Waals surface area contributed by atoms with E-state index in [9.17, 15) is 4.79 Å². The quantitative estimate of drug-likeness (QED) is 0.900. The lowest BCUT2D eigenvalue weighted by atomic mass is 9.99. The van der Waals surface area contributed by atoms with Crippen molar-refractivity contribution in [3.63, 3.8) is 0 Å². The average molecular weight is 340 g/mol. The Kier molecular flexibility index (Phi) is 5.48. The Morgan fingerprint density at radius 2 is 2.16 bits per heavy atom. The SMILES string of the molecule is CCC1CCCCN1C(=O)c1ccc(Nc2cccc(OC)c2)nn1. The molecule has 1 aliphatic rings. The van der Waals surface area contributed by atoms with Crippen LogP contribution in [0.25, 0.3) is 0 Å². The number of hydrogen-bond acceptors (Lipinski definition) is 5. The number of ether oxygens (including phenoxy) is 1. The van der Waals surface area contributed by atoms with Gasteiger partial charge in [-0.3, -0.25) is 4.79 Å². The summed E-state index contributed by atoms with van der Waals surface area (Å²) in [5, 5.41) is 11.4. The molecule has 0 aliphatic carbocycles. The molecule has 1 aliphatic heterocycles. The Bertz CT molecular complexity index is 718. The van der Waals surface area contributed by atoms with Crippen molar-refractivity contribution in [2.45, 2.75) is 38.6 Å². The van der Waals surface area contributed by atoms with Crippen LogP contribution in [0.1, 0.15) is 43.1 Å². The number of anilines is 2. The molecule has 0 bridgehead atoms. The van der Waals surface area contributed by atoms with Gasteiger partial charge in [0.05, 0.1) is 7.11 Å². The molecule has 2 heterocycles. The molecule has 6 nitrogen and oxygen atoms in total. The third kappa shape index (κ3) is 4.07. The van der Waals surface area contributed by atoms with Gasteiger partial charge >= 0.3 is 0 Å². The van der Waals surface area contributed by atoms with E-state index in [0.717, 1.165) is 37.2 Å². The van der Waals surface area contributed by atoms with Gasteiger partial charge in [-0.15, -0.1) is 10.2 Å². The normalized spacial score (nSPS) is 17.2. The van der Waals surface area contributed by atoms with Crippen LogP contribution >= 0.6 is 0 Å². The van der Waals surface area contributed by atoms with Crippen molar-refractivity contribution < 1.29 is 9.53 Å². The highest BCUT2D eigenvalue weighted by Gasteiger charge is 2.27. The molecule has 0 spiro atoms. The van der Waals surface area contributed by atoms with Gasteiger partial charge in [0.2, 0.25) is 0 Å². The Hall–Kier alpha value is -2.63. The Balaban J connectivity index is 1.70. The summed E-state index contributed by atoms with van der Waals surface area (Å²) in [4.78, 5) is 14.7. The maximum absolute atomic E-state index is 12.7. The van der Waals surface area contributed by atoms with Crippen molar-refractivity contribution in [1.82, 2.24) is 15.1 Å². The zero-order valence-corrected chi connectivity index (χ0v) is 14.7. The maximum atomic E-state index is 12.7. The van der Waals surface area contributed by atoms with Crippen molar-refractivity contribution in [2.75, 3.05) is 19.0 Å². The fraction of sp³-hybridized carbons (Fsp3) is 0.421. The first kappa shape index (κ1) is 17.2. The van der Waals surface area contributed by atoms with E-state index in [2.05, 4.69) is 22.4 Å². The van der Waals surface area contributed by atoms with Crippen LogP contribution in [0.5, 0.6) is 5.75 Å². The molecule has 1 aromatic carbocycles. The van der Waals surface area contributed by atoms with Crippen molar-refractivity contribution >= 4 is 17.4 Å². The van der Waals surface area contributed by atoms with Crippen molar-refractivity contribution in [2.24, 2.45) is 0 Å². The van der Waals surface area contributed by atoms with Crippen molar-refractivity contribution in [3.05, 3.63) is 42.1 Å². The van der Waals surface area contributed by atoms with E-state index in [0.29, 0.717) is 17.6 Å². The molecule has 1 aromatic heterocycles. The van der Waals surface area contributed by atoms with Crippen molar-refractivity contribution in [3.8, 4) is 5.75 Å². The molecular weight excluding hydrogens is 316 g/mol. The molecule has 0 radical (unpaired) electrons. The van der Waals surface area contributed by atoms with E-state index >= 15 is 0 Å². The Morgan fingerprint density at radius 1 is 1.28 bits per heavy atom. The van der Waals surface area contributed by atoms with Gasteiger partial charge in [-0.2, -0.15) is 0 Å². The molecular formula is C19H24N4O2. The molecule has 2 aromatic rings. The first-order valence-corrected chi connectivity index (χ1v) is 8.77. The zero-order valence-electron chi connectivity index (χ0n) is 14.7. The van der Waals surface area contributed by atoms with Crippen LogP contribution in [0.2, 0.25) is 0 Å². The largest absolute Gasteiger partial charge is 0.497 e. The summed E-state index contributed by atoms with van der Waals surface area (Å²) in [6, 6.07) is 11.4. The van der Waals surface area contributed by atoms with Gasteiger partial charge in [-0.05, 0) is 49.9 Å². The number of methoxy groups -OCH3 is 1. The second-order valence-corrected chi connectivity index (χ2v) is 6.22. The van der Waals surface area contributed by atoms with Gasteiger partial charge in [0.1, 0.15) is 5.75 Å². The number of carbonyl (C=O) groups excluding carboxylic acids is 1. The molecule has 132 valence electrons. The molecule has 3 rings (SSSR count). The molecule has 0 saturated carbocycles. The predicted octanol–water partition coefficient (Wildman–Crippen LogP) is 3.63. The molecule has 25 heavy (non-hydrogen) atoms. The lowest BCUT2D eigenvalue weighted by Gasteiger charge is -2.34. The highest BCUT2D eigenvalue weighted by Crippen LogP contribution is 2.22. The Morgan fingerprint density at radius 3 is 2.88 bits per heavy atom. The number of amides is 1. The van der Waals surface area contributed by atoms with Gasteiger partial charge in [0.25, 0.3) is 5.91 Å². The molecule has 1 atom stereocenters. The average Bonchev–Trinajstić information content (AvgIpc) is 2.68. The van der Waals surface area contributed by atoms with Crippen molar-refractivity contribution in [1.29, 1.82) is 0 Å². The molecule has 1 N–H and O–H groups in total. The molecule has 1 fully saturated rings. The maximum Gasteiger partial charge on any atom is 0.274 e. The third-order valence-corrected chi connectivity index (χ3v) is 4.59. The molecule has 1 saturated heterocycles. The van der Waals surface area contributed by atoms with Crippen LogP contribution in [-0.4, -0.2) is 40.7 Å². The monoisotopic (exact) mass is 340 g/mol. The summed E-state index contributed by atoms with van der Waals surface area (Å²) in [6.07, 6.45) is 4.31. The first-order chi connectivity index (χ1) is 12.2. The van der Waals surface area contributed by atoms with Crippen LogP contribution < -0.4 is 10.1 Å². The topological polar surface area (TPSA) is 67.4 Å². The lowest BCUT2D eigenvalue weighted by Crippen LogP contribution is -2.43. The first-order valence-electron chi connectivity index (χ1n) is 8.77. The number of rotatable bonds is 5. The molecule has 6 heteroatoms. The van der Waals surface area contributed by atoms with E-state index < -0.39 is 0 Å². The van der Waals surface area contributed by atoms with Crippen LogP contribution in [0.3, 0.4) is 0 Å². The minimum absolute atomic E-state index is 0.0213. The third-order valence-electron chi connectivity index (χ3n) is 4.59. The predicted molar refractivity (Wildman–Crippen MR) is 97.3 cm³/mol. The number of aromatic nitrogens is 2. The van der Waals surface area contributed by atoms with Gasteiger partial charge in [0, 0.05) is 24.3 Å². The number of hydrogen-bond donors (Lipinski definition) is 1. The highest BCUT2D eigenvalue weighted by atomic mass is 16.5. The van der Waals surface area contributed by atoms with E-state index in [1.165, 1.54) is 6.42 Å². The smallest absolute Gasteiger partial charge is 0.274 e. The van der Waals surface area contributed by atoms with Gasteiger partial charge in [-0.1, -0.05) is 13.0 Å². The number of carbonyl (C=O) groups is 1. The fourth-order valence-corrected chi connectivity index (χ4v) is 3.20. The van der Waals surface area contributed by atoms with Crippen LogP contribution in [0.4, 0.5) is 11.5 Å². The number of benzene rings is 1. The van der Waals surface area contributed by atoms with E-state index in [1.54, 1.807) is 19.2 Å². The number of nitrogens with one attached hydrogen (secondary N) is 1. The Labute approximate surface area is 148 Å². The zero-order chi connectivity index (χ0) is 17.6. The van der Waals surface area contributed by atoms with Crippen LogP contribution in [0, 0.1) is 0 Å². The standard InChI is InChI=1S/C19H24N4O2/c1-3-15-8-4-5-12-23(15)19(24)17-10-11-18(22-21-17)20-14-7-6-9-16(13-14)25-2/h6-7,9-11,13,15H,3-5,8,12H2,1-2H3,(H,20,22). The van der Waals surface area contributed by atoms with Gasteiger partial charge in [-0.25, -0.2) is 0 Å². The minimum atomic E-state index is -0.0213. The molecule has 1 unspecified atom stereocenters.